The predicted molar refractivity (Wildman–Crippen MR) is 168 cm³/mol. The Bertz CT molecular complexity index is 1620. The summed E-state index contributed by atoms with van der Waals surface area (Å²) in [6.45, 7) is 6.27. The Labute approximate surface area is 252 Å². The summed E-state index contributed by atoms with van der Waals surface area (Å²) in [6.07, 6.45) is 9.07. The fourth-order valence-electron chi connectivity index (χ4n) is 6.20. The first-order chi connectivity index (χ1) is 20.9. The zero-order valence-corrected chi connectivity index (χ0v) is 25.0. The van der Waals surface area contributed by atoms with Crippen LogP contribution in [0.5, 0.6) is 11.5 Å². The minimum atomic E-state index is -0.100. The second-order valence-electron chi connectivity index (χ2n) is 11.9. The summed E-state index contributed by atoms with van der Waals surface area (Å²) in [5.74, 6) is 1.07. The van der Waals surface area contributed by atoms with Crippen LogP contribution in [0.25, 0.3) is 11.3 Å². The number of ether oxygens (including phenoxy) is 1. The molecule has 1 saturated carbocycles. The molecular weight excluding hydrogens is 538 g/mol. The average molecular weight is 578 g/mol. The minimum absolute atomic E-state index is 0.0918. The van der Waals surface area contributed by atoms with Crippen LogP contribution < -0.4 is 15.6 Å². The SMILES string of the molecule is Cc1ccc(=O)n(Cc2ccc(C(=O)NC3CCN(C4CCCC4)CC3)cc2Oc2ccc(-c3ccc(C)nn3)cc2)c1. The van der Waals surface area contributed by atoms with E-state index in [1.807, 2.05) is 74.6 Å². The Balaban J connectivity index is 1.20. The van der Waals surface area contributed by atoms with Crippen LogP contribution in [0.3, 0.4) is 0 Å². The highest BCUT2D eigenvalue weighted by Gasteiger charge is 2.28. The van der Waals surface area contributed by atoms with E-state index in [2.05, 4.69) is 20.4 Å². The Kier molecular flexibility index (Phi) is 8.65. The van der Waals surface area contributed by atoms with Crippen molar-refractivity contribution in [3.8, 4) is 22.8 Å². The van der Waals surface area contributed by atoms with Gasteiger partial charge in [0.05, 0.1) is 17.9 Å². The standard InChI is InChI=1S/C35H39N5O3/c1-24-7-16-34(41)40(22-24)23-28-10-9-27(35(42)36-29-17-19-39(20-18-29)30-5-3-4-6-30)21-33(28)43-31-13-11-26(12-14-31)32-15-8-25(2)37-38-32/h7-16,21-22,29-30H,3-6,17-20,23H2,1-2H3,(H,36,42). The zero-order valence-electron chi connectivity index (χ0n) is 25.0. The van der Waals surface area contributed by atoms with E-state index in [-0.39, 0.29) is 17.5 Å². The number of hydrogen-bond donors (Lipinski definition) is 1. The quantitative estimate of drug-likeness (QED) is 0.281. The Morgan fingerprint density at radius 2 is 1.67 bits per heavy atom. The lowest BCUT2D eigenvalue weighted by molar-refractivity contribution is 0.0892. The third kappa shape index (κ3) is 7.03. The lowest BCUT2D eigenvalue weighted by Crippen LogP contribution is -2.47. The molecule has 3 heterocycles. The van der Waals surface area contributed by atoms with Crippen LogP contribution in [0, 0.1) is 13.8 Å². The van der Waals surface area contributed by atoms with Gasteiger partial charge < -0.3 is 19.5 Å². The predicted octanol–water partition coefficient (Wildman–Crippen LogP) is 5.90. The number of carbonyl (C=O) groups excluding carboxylic acids is 1. The molecule has 6 rings (SSSR count). The number of nitrogens with zero attached hydrogens (tertiary/aromatic N) is 4. The maximum atomic E-state index is 13.4. The van der Waals surface area contributed by atoms with Crippen LogP contribution >= 0.6 is 0 Å². The number of carbonyl (C=O) groups is 1. The van der Waals surface area contributed by atoms with Crippen molar-refractivity contribution in [2.45, 2.75) is 71.0 Å². The van der Waals surface area contributed by atoms with Gasteiger partial charge in [-0.3, -0.25) is 9.59 Å². The molecule has 1 aliphatic heterocycles. The second-order valence-corrected chi connectivity index (χ2v) is 11.9. The van der Waals surface area contributed by atoms with E-state index in [1.165, 1.54) is 25.7 Å². The monoisotopic (exact) mass is 577 g/mol. The van der Waals surface area contributed by atoms with Crippen LogP contribution in [0.1, 0.15) is 65.7 Å². The normalized spacial score (nSPS) is 16.3. The van der Waals surface area contributed by atoms with Gasteiger partial charge in [0.25, 0.3) is 11.5 Å². The van der Waals surface area contributed by atoms with E-state index in [4.69, 9.17) is 4.74 Å². The van der Waals surface area contributed by atoms with Crippen LogP contribution in [0.4, 0.5) is 0 Å². The molecule has 2 aromatic heterocycles. The summed E-state index contributed by atoms with van der Waals surface area (Å²) >= 11 is 0. The number of likely N-dealkylation sites (tertiary alicyclic amines) is 1. The van der Waals surface area contributed by atoms with Gasteiger partial charge in [0.15, 0.2) is 0 Å². The van der Waals surface area contributed by atoms with Crippen molar-refractivity contribution in [1.29, 1.82) is 0 Å². The molecule has 0 atom stereocenters. The van der Waals surface area contributed by atoms with Gasteiger partial charge in [-0.25, -0.2) is 0 Å². The fraction of sp³-hybridized carbons (Fsp3) is 0.371. The molecule has 1 amide bonds. The van der Waals surface area contributed by atoms with Gasteiger partial charge in [0.2, 0.25) is 0 Å². The first kappa shape index (κ1) is 28.8. The van der Waals surface area contributed by atoms with E-state index >= 15 is 0 Å². The number of benzene rings is 2. The van der Waals surface area contributed by atoms with Gasteiger partial charge in [-0.15, -0.1) is 0 Å². The van der Waals surface area contributed by atoms with Crippen LogP contribution in [-0.4, -0.2) is 50.7 Å². The van der Waals surface area contributed by atoms with E-state index in [0.717, 1.165) is 60.1 Å². The summed E-state index contributed by atoms with van der Waals surface area (Å²) in [4.78, 5) is 28.6. The Morgan fingerprint density at radius 3 is 2.40 bits per heavy atom. The van der Waals surface area contributed by atoms with Gasteiger partial charge in [-0.05, 0) is 93.6 Å². The molecule has 8 nitrogen and oxygen atoms in total. The molecule has 0 spiro atoms. The van der Waals surface area contributed by atoms with Crippen LogP contribution in [-0.2, 0) is 6.54 Å². The molecule has 0 bridgehead atoms. The number of aryl methyl sites for hydroxylation is 2. The number of nitrogens with one attached hydrogen (secondary N) is 1. The third-order valence-electron chi connectivity index (χ3n) is 8.68. The molecule has 1 aliphatic carbocycles. The number of amides is 1. The zero-order chi connectivity index (χ0) is 29.8. The lowest BCUT2D eigenvalue weighted by Gasteiger charge is -2.36. The highest BCUT2D eigenvalue weighted by atomic mass is 16.5. The first-order valence-electron chi connectivity index (χ1n) is 15.3. The molecule has 222 valence electrons. The summed E-state index contributed by atoms with van der Waals surface area (Å²) in [6, 6.07) is 21.3. The summed E-state index contributed by atoms with van der Waals surface area (Å²) in [5, 5.41) is 11.7. The number of pyridine rings is 1. The molecule has 43 heavy (non-hydrogen) atoms. The molecule has 4 aromatic rings. The number of piperidine rings is 1. The van der Waals surface area contributed by atoms with Crippen molar-refractivity contribution >= 4 is 5.91 Å². The minimum Gasteiger partial charge on any atom is -0.457 e. The van der Waals surface area contributed by atoms with Crippen molar-refractivity contribution in [2.24, 2.45) is 0 Å². The highest BCUT2D eigenvalue weighted by Crippen LogP contribution is 2.30. The van der Waals surface area contributed by atoms with Gasteiger partial charge in [-0.2, -0.15) is 10.2 Å². The van der Waals surface area contributed by atoms with Crippen molar-refractivity contribution in [3.05, 3.63) is 106 Å². The van der Waals surface area contributed by atoms with Crippen molar-refractivity contribution in [1.82, 2.24) is 25.0 Å². The van der Waals surface area contributed by atoms with E-state index < -0.39 is 0 Å². The Morgan fingerprint density at radius 1 is 0.907 bits per heavy atom. The molecular formula is C35H39N5O3. The van der Waals surface area contributed by atoms with Gasteiger partial charge in [0, 0.05) is 54.1 Å². The van der Waals surface area contributed by atoms with E-state index in [0.29, 0.717) is 23.6 Å². The summed E-state index contributed by atoms with van der Waals surface area (Å²) in [7, 11) is 0. The molecule has 0 radical (unpaired) electrons. The number of aromatic nitrogens is 3. The van der Waals surface area contributed by atoms with Crippen molar-refractivity contribution in [3.63, 3.8) is 0 Å². The third-order valence-corrected chi connectivity index (χ3v) is 8.68. The molecule has 2 fully saturated rings. The largest absolute Gasteiger partial charge is 0.457 e. The van der Waals surface area contributed by atoms with Gasteiger partial charge in [-0.1, -0.05) is 25.0 Å². The lowest BCUT2D eigenvalue weighted by atomic mass is 10.0. The molecule has 8 heteroatoms. The second kappa shape index (κ2) is 12.9. The van der Waals surface area contributed by atoms with Crippen LogP contribution in [0.2, 0.25) is 0 Å². The summed E-state index contributed by atoms with van der Waals surface area (Å²) < 4.78 is 8.04. The van der Waals surface area contributed by atoms with Crippen molar-refractivity contribution < 1.29 is 9.53 Å². The molecule has 2 aliphatic rings. The van der Waals surface area contributed by atoms with E-state index in [9.17, 15) is 9.59 Å². The van der Waals surface area contributed by atoms with Crippen LogP contribution in [0.15, 0.2) is 77.7 Å². The summed E-state index contributed by atoms with van der Waals surface area (Å²) in [5.41, 5.74) is 4.82. The smallest absolute Gasteiger partial charge is 0.251 e. The molecule has 2 aromatic carbocycles. The highest BCUT2D eigenvalue weighted by molar-refractivity contribution is 5.95. The van der Waals surface area contributed by atoms with Gasteiger partial charge in [0.1, 0.15) is 11.5 Å². The number of rotatable bonds is 8. The fourth-order valence-corrected chi connectivity index (χ4v) is 6.20. The first-order valence-corrected chi connectivity index (χ1v) is 15.3. The molecule has 1 saturated heterocycles. The van der Waals surface area contributed by atoms with E-state index in [1.54, 1.807) is 16.7 Å². The maximum absolute atomic E-state index is 13.4. The molecule has 0 unspecified atom stereocenters. The number of hydrogen-bond acceptors (Lipinski definition) is 6. The molecule has 1 N–H and O–H groups in total. The topological polar surface area (TPSA) is 89.4 Å². The van der Waals surface area contributed by atoms with Gasteiger partial charge >= 0.3 is 0 Å². The average Bonchev–Trinajstić information content (AvgIpc) is 3.56. The maximum Gasteiger partial charge on any atom is 0.251 e. The Hall–Kier alpha value is -4.30. The van der Waals surface area contributed by atoms with Crippen molar-refractivity contribution in [2.75, 3.05) is 13.1 Å².